The Morgan fingerprint density at radius 3 is 2.75 bits per heavy atom. The van der Waals surface area contributed by atoms with Crippen molar-refractivity contribution in [2.75, 3.05) is 0 Å². The predicted molar refractivity (Wildman–Crippen MR) is 92.3 cm³/mol. The van der Waals surface area contributed by atoms with E-state index in [2.05, 4.69) is 42.0 Å². The first-order valence-electron chi connectivity index (χ1n) is 8.07. The standard InChI is InChI=1S/C19H19N3O2/c1-11-4-3-5-14(12(11)2)16-7-6-13(9-20-16)15-8-17(15)22-18(23)10-21-19(22)24/h3-7,9-10,15,17,23H,8H2,1-2H3,(H,21,24)/t15-,17+/m1/s1. The number of imidazole rings is 1. The first-order chi connectivity index (χ1) is 11.6. The number of H-pyrrole nitrogens is 1. The van der Waals surface area contributed by atoms with Gasteiger partial charge in [0, 0.05) is 23.7 Å². The lowest BCUT2D eigenvalue weighted by atomic mass is 10.00. The van der Waals surface area contributed by atoms with Crippen LogP contribution < -0.4 is 5.69 Å². The normalized spacial score (nSPS) is 19.4. The summed E-state index contributed by atoms with van der Waals surface area (Å²) in [7, 11) is 0. The van der Waals surface area contributed by atoms with Crippen LogP contribution in [0, 0.1) is 13.8 Å². The zero-order valence-corrected chi connectivity index (χ0v) is 13.7. The van der Waals surface area contributed by atoms with Crippen molar-refractivity contribution in [3.05, 3.63) is 69.9 Å². The molecule has 0 radical (unpaired) electrons. The number of benzene rings is 1. The Balaban J connectivity index is 1.60. The third-order valence-electron chi connectivity index (χ3n) is 4.97. The zero-order chi connectivity index (χ0) is 16.8. The Labute approximate surface area is 139 Å². The summed E-state index contributed by atoms with van der Waals surface area (Å²) in [6, 6.07) is 10.4. The van der Waals surface area contributed by atoms with Gasteiger partial charge < -0.3 is 10.1 Å². The summed E-state index contributed by atoms with van der Waals surface area (Å²) in [6.45, 7) is 4.21. The van der Waals surface area contributed by atoms with Crippen LogP contribution in [-0.2, 0) is 0 Å². The van der Waals surface area contributed by atoms with Crippen molar-refractivity contribution in [2.45, 2.75) is 32.2 Å². The average Bonchev–Trinajstić information content (AvgIpc) is 3.29. The molecule has 5 nitrogen and oxygen atoms in total. The molecule has 1 aliphatic rings. The average molecular weight is 321 g/mol. The highest BCUT2D eigenvalue weighted by molar-refractivity contribution is 5.65. The summed E-state index contributed by atoms with van der Waals surface area (Å²) in [5.41, 5.74) is 5.43. The second-order valence-electron chi connectivity index (χ2n) is 6.46. The second-order valence-corrected chi connectivity index (χ2v) is 6.46. The van der Waals surface area contributed by atoms with Gasteiger partial charge >= 0.3 is 5.69 Å². The molecule has 0 bridgehead atoms. The number of hydrogen-bond acceptors (Lipinski definition) is 3. The molecule has 0 aliphatic heterocycles. The molecule has 0 unspecified atom stereocenters. The lowest BCUT2D eigenvalue weighted by Gasteiger charge is -2.09. The molecule has 2 aromatic heterocycles. The quantitative estimate of drug-likeness (QED) is 0.777. The molecule has 0 spiro atoms. The van der Waals surface area contributed by atoms with Crippen molar-refractivity contribution < 1.29 is 5.11 Å². The minimum Gasteiger partial charge on any atom is -0.493 e. The van der Waals surface area contributed by atoms with Crippen molar-refractivity contribution >= 4 is 0 Å². The summed E-state index contributed by atoms with van der Waals surface area (Å²) in [5.74, 6) is 0.219. The molecule has 1 fully saturated rings. The number of hydrogen-bond donors (Lipinski definition) is 2. The van der Waals surface area contributed by atoms with E-state index in [0.29, 0.717) is 0 Å². The van der Waals surface area contributed by atoms with Crippen LogP contribution in [0.5, 0.6) is 5.88 Å². The number of aromatic amines is 1. The third-order valence-corrected chi connectivity index (χ3v) is 4.97. The first-order valence-corrected chi connectivity index (χ1v) is 8.07. The van der Waals surface area contributed by atoms with E-state index in [1.165, 1.54) is 21.9 Å². The molecule has 24 heavy (non-hydrogen) atoms. The number of rotatable bonds is 3. The van der Waals surface area contributed by atoms with E-state index in [-0.39, 0.29) is 23.5 Å². The summed E-state index contributed by atoms with van der Waals surface area (Å²) in [6.07, 6.45) is 4.06. The minimum absolute atomic E-state index is 0.00698. The molecule has 2 atom stereocenters. The van der Waals surface area contributed by atoms with Crippen LogP contribution in [0.15, 0.2) is 47.5 Å². The van der Waals surface area contributed by atoms with Crippen LogP contribution in [-0.4, -0.2) is 19.6 Å². The maximum atomic E-state index is 11.7. The van der Waals surface area contributed by atoms with Gasteiger partial charge in [0.2, 0.25) is 5.88 Å². The molecule has 1 aromatic carbocycles. The Kier molecular flexibility index (Phi) is 3.30. The summed E-state index contributed by atoms with van der Waals surface area (Å²) in [4.78, 5) is 18.9. The van der Waals surface area contributed by atoms with Gasteiger partial charge in [0.25, 0.3) is 0 Å². The molecule has 0 amide bonds. The summed E-state index contributed by atoms with van der Waals surface area (Å²) >= 11 is 0. The Hall–Kier alpha value is -2.82. The van der Waals surface area contributed by atoms with E-state index in [1.54, 1.807) is 0 Å². The number of aryl methyl sites for hydroxylation is 1. The maximum absolute atomic E-state index is 11.7. The number of aromatic nitrogens is 3. The van der Waals surface area contributed by atoms with Gasteiger partial charge in [-0.25, -0.2) is 4.79 Å². The van der Waals surface area contributed by atoms with E-state index in [1.807, 2.05) is 18.3 Å². The van der Waals surface area contributed by atoms with Gasteiger partial charge in [-0.05, 0) is 43.0 Å². The van der Waals surface area contributed by atoms with E-state index in [4.69, 9.17) is 0 Å². The molecular weight excluding hydrogens is 302 g/mol. The largest absolute Gasteiger partial charge is 0.493 e. The molecule has 2 N–H and O–H groups in total. The Morgan fingerprint density at radius 1 is 1.25 bits per heavy atom. The Bertz CT molecular complexity index is 953. The van der Waals surface area contributed by atoms with E-state index < -0.39 is 0 Å². The zero-order valence-electron chi connectivity index (χ0n) is 13.7. The fourth-order valence-electron chi connectivity index (χ4n) is 3.33. The molecule has 2 heterocycles. The van der Waals surface area contributed by atoms with Gasteiger partial charge in [0.05, 0.1) is 11.9 Å². The highest BCUT2D eigenvalue weighted by Crippen LogP contribution is 2.51. The highest BCUT2D eigenvalue weighted by atomic mass is 16.3. The van der Waals surface area contributed by atoms with Crippen molar-refractivity contribution in [3.8, 4) is 17.1 Å². The van der Waals surface area contributed by atoms with Crippen molar-refractivity contribution in [3.63, 3.8) is 0 Å². The van der Waals surface area contributed by atoms with Crippen molar-refractivity contribution in [1.82, 2.24) is 14.5 Å². The number of aromatic hydroxyl groups is 1. The predicted octanol–water partition coefficient (Wildman–Crippen LogP) is 3.29. The molecule has 0 saturated heterocycles. The maximum Gasteiger partial charge on any atom is 0.328 e. The molecule has 122 valence electrons. The number of nitrogens with zero attached hydrogens (tertiary/aromatic N) is 2. The first kappa shape index (κ1) is 14.8. The number of pyridine rings is 1. The fraction of sp³-hybridized carbons (Fsp3) is 0.263. The molecule has 5 heteroatoms. The van der Waals surface area contributed by atoms with E-state index in [9.17, 15) is 9.90 Å². The van der Waals surface area contributed by atoms with E-state index in [0.717, 1.165) is 23.2 Å². The van der Waals surface area contributed by atoms with Crippen LogP contribution in [0.3, 0.4) is 0 Å². The van der Waals surface area contributed by atoms with Crippen LogP contribution in [0.2, 0.25) is 0 Å². The van der Waals surface area contributed by atoms with Gasteiger partial charge in [-0.2, -0.15) is 0 Å². The highest BCUT2D eigenvalue weighted by Gasteiger charge is 2.42. The SMILES string of the molecule is Cc1cccc(-c2ccc([C@H]3C[C@@H]3n3c(O)c[nH]c3=O)cn2)c1C. The van der Waals surface area contributed by atoms with Gasteiger partial charge in [0.15, 0.2) is 0 Å². The van der Waals surface area contributed by atoms with Crippen molar-refractivity contribution in [1.29, 1.82) is 0 Å². The number of nitrogens with one attached hydrogen (secondary N) is 1. The summed E-state index contributed by atoms with van der Waals surface area (Å²) in [5, 5.41) is 9.77. The van der Waals surface area contributed by atoms with Gasteiger partial charge in [0.1, 0.15) is 0 Å². The van der Waals surface area contributed by atoms with Crippen molar-refractivity contribution in [2.24, 2.45) is 0 Å². The topological polar surface area (TPSA) is 70.9 Å². The summed E-state index contributed by atoms with van der Waals surface area (Å²) < 4.78 is 1.42. The van der Waals surface area contributed by atoms with Crippen LogP contribution >= 0.6 is 0 Å². The smallest absolute Gasteiger partial charge is 0.328 e. The third kappa shape index (κ3) is 2.33. The molecule has 3 aromatic rings. The Morgan fingerprint density at radius 2 is 2.08 bits per heavy atom. The van der Waals surface area contributed by atoms with Gasteiger partial charge in [-0.15, -0.1) is 0 Å². The van der Waals surface area contributed by atoms with Crippen LogP contribution in [0.4, 0.5) is 0 Å². The second kappa shape index (κ2) is 5.37. The minimum atomic E-state index is -0.264. The van der Waals surface area contributed by atoms with Gasteiger partial charge in [-0.1, -0.05) is 24.3 Å². The lowest BCUT2D eigenvalue weighted by molar-refractivity contribution is 0.413. The van der Waals surface area contributed by atoms with Gasteiger partial charge in [-0.3, -0.25) is 9.55 Å². The van der Waals surface area contributed by atoms with E-state index >= 15 is 0 Å². The van der Waals surface area contributed by atoms with Crippen LogP contribution in [0.25, 0.3) is 11.3 Å². The molecule has 4 rings (SSSR count). The van der Waals surface area contributed by atoms with Crippen LogP contribution in [0.1, 0.15) is 35.1 Å². The molecular formula is C19H19N3O2. The fourth-order valence-corrected chi connectivity index (χ4v) is 3.33. The lowest BCUT2D eigenvalue weighted by Crippen LogP contribution is -2.15. The molecule has 1 aliphatic carbocycles. The monoisotopic (exact) mass is 321 g/mol. The molecule has 1 saturated carbocycles.